The molecule has 0 aliphatic carbocycles. The van der Waals surface area contributed by atoms with Gasteiger partial charge in [0.1, 0.15) is 0 Å². The second kappa shape index (κ2) is 5.09. The highest BCUT2D eigenvalue weighted by atomic mass is 16.4. The van der Waals surface area contributed by atoms with Crippen LogP contribution in [-0.2, 0) is 4.79 Å². The molecule has 0 aromatic carbocycles. The summed E-state index contributed by atoms with van der Waals surface area (Å²) >= 11 is 0. The number of aliphatic hydroxyl groups is 1. The van der Waals surface area contributed by atoms with Gasteiger partial charge in [-0.15, -0.1) is 0 Å². The maximum absolute atomic E-state index is 10.1. The van der Waals surface area contributed by atoms with Crippen LogP contribution in [0, 0.1) is 0 Å². The number of hydrogen-bond donors (Lipinski definition) is 3. The molecular weight excluding hydrogens is 146 g/mol. The fourth-order valence-corrected chi connectivity index (χ4v) is 0.876. The highest BCUT2D eigenvalue weighted by Crippen LogP contribution is 2.02. The van der Waals surface area contributed by atoms with Crippen LogP contribution in [0.4, 0.5) is 0 Å². The largest absolute Gasteiger partial charge is 0.479 e. The van der Waals surface area contributed by atoms with Crippen LogP contribution in [0.15, 0.2) is 0 Å². The van der Waals surface area contributed by atoms with E-state index in [4.69, 9.17) is 15.9 Å². The van der Waals surface area contributed by atoms with Gasteiger partial charge in [0.2, 0.25) is 0 Å². The molecule has 4 heteroatoms. The normalized spacial score (nSPS) is 15.9. The van der Waals surface area contributed by atoms with Crippen LogP contribution in [0.5, 0.6) is 0 Å². The van der Waals surface area contributed by atoms with E-state index in [9.17, 15) is 4.79 Å². The molecule has 0 radical (unpaired) electrons. The minimum absolute atomic E-state index is 0.142. The second-order valence-corrected chi connectivity index (χ2v) is 2.64. The quantitative estimate of drug-likeness (QED) is 0.528. The van der Waals surface area contributed by atoms with Crippen molar-refractivity contribution in [3.63, 3.8) is 0 Å². The van der Waals surface area contributed by atoms with Crippen molar-refractivity contribution < 1.29 is 15.0 Å². The Morgan fingerprint density at radius 3 is 2.55 bits per heavy atom. The lowest BCUT2D eigenvalue weighted by atomic mass is 10.1. The summed E-state index contributed by atoms with van der Waals surface area (Å²) in [6.45, 7) is 1.97. The third-order valence-corrected chi connectivity index (χ3v) is 1.47. The summed E-state index contributed by atoms with van der Waals surface area (Å²) in [6, 6.07) is -0.203. The summed E-state index contributed by atoms with van der Waals surface area (Å²) in [5, 5.41) is 17.1. The van der Waals surface area contributed by atoms with E-state index in [-0.39, 0.29) is 12.5 Å². The molecule has 0 heterocycles. The molecule has 4 N–H and O–H groups in total. The lowest BCUT2D eigenvalue weighted by molar-refractivity contribution is -0.147. The molecular formula is C7H15NO3. The minimum atomic E-state index is -1.31. The molecule has 0 aliphatic rings. The average Bonchev–Trinajstić information content (AvgIpc) is 1.87. The van der Waals surface area contributed by atoms with Gasteiger partial charge in [0.15, 0.2) is 6.10 Å². The molecule has 2 atom stereocenters. The molecule has 0 fully saturated rings. The van der Waals surface area contributed by atoms with Gasteiger partial charge < -0.3 is 15.9 Å². The summed E-state index contributed by atoms with van der Waals surface area (Å²) in [5.41, 5.74) is 5.50. The van der Waals surface area contributed by atoms with E-state index in [1.54, 1.807) is 0 Å². The third-order valence-electron chi connectivity index (χ3n) is 1.47. The van der Waals surface area contributed by atoms with Gasteiger partial charge in [-0.2, -0.15) is 0 Å². The Kier molecular flexibility index (Phi) is 4.81. The first-order chi connectivity index (χ1) is 5.07. The van der Waals surface area contributed by atoms with Gasteiger partial charge in [-0.3, -0.25) is 0 Å². The first kappa shape index (κ1) is 10.4. The van der Waals surface area contributed by atoms with Crippen LogP contribution in [0.1, 0.15) is 26.2 Å². The van der Waals surface area contributed by atoms with Gasteiger partial charge in [-0.1, -0.05) is 13.3 Å². The van der Waals surface area contributed by atoms with Crippen LogP contribution >= 0.6 is 0 Å². The lowest BCUT2D eigenvalue weighted by Gasteiger charge is -2.11. The topological polar surface area (TPSA) is 83.5 Å². The van der Waals surface area contributed by atoms with Crippen LogP contribution < -0.4 is 5.73 Å². The summed E-state index contributed by atoms with van der Waals surface area (Å²) in [4.78, 5) is 10.1. The van der Waals surface area contributed by atoms with E-state index in [2.05, 4.69) is 0 Å². The predicted molar refractivity (Wildman–Crippen MR) is 41.1 cm³/mol. The number of carboxylic acid groups (broad SMARTS) is 1. The maximum Gasteiger partial charge on any atom is 0.332 e. The van der Waals surface area contributed by atoms with Crippen LogP contribution in [0.2, 0.25) is 0 Å². The van der Waals surface area contributed by atoms with E-state index in [0.29, 0.717) is 0 Å². The Morgan fingerprint density at radius 1 is 1.64 bits per heavy atom. The Bertz CT molecular complexity index is 127. The van der Waals surface area contributed by atoms with Gasteiger partial charge in [-0.25, -0.2) is 4.79 Å². The molecule has 0 amide bonds. The second-order valence-electron chi connectivity index (χ2n) is 2.64. The number of carboxylic acids is 1. The summed E-state index contributed by atoms with van der Waals surface area (Å²) in [5.74, 6) is -1.20. The summed E-state index contributed by atoms with van der Waals surface area (Å²) in [6.07, 6.45) is 0.498. The van der Waals surface area contributed by atoms with E-state index < -0.39 is 12.1 Å². The zero-order valence-electron chi connectivity index (χ0n) is 6.66. The Balaban J connectivity index is 3.56. The number of nitrogens with two attached hydrogens (primary N) is 1. The van der Waals surface area contributed by atoms with Crippen LogP contribution in [-0.4, -0.2) is 28.3 Å². The van der Waals surface area contributed by atoms with E-state index in [1.807, 2.05) is 6.92 Å². The van der Waals surface area contributed by atoms with E-state index in [1.165, 1.54) is 0 Å². The number of aliphatic hydroxyl groups excluding tert-OH is 1. The first-order valence-electron chi connectivity index (χ1n) is 3.74. The van der Waals surface area contributed by atoms with E-state index >= 15 is 0 Å². The van der Waals surface area contributed by atoms with Gasteiger partial charge in [-0.05, 0) is 12.8 Å². The van der Waals surface area contributed by atoms with Crippen molar-refractivity contribution in [2.45, 2.75) is 38.3 Å². The molecule has 1 unspecified atom stereocenters. The molecule has 0 aromatic heterocycles. The van der Waals surface area contributed by atoms with Crippen molar-refractivity contribution in [1.29, 1.82) is 0 Å². The summed E-state index contributed by atoms with van der Waals surface area (Å²) < 4.78 is 0. The number of carbonyl (C=O) groups is 1. The number of aliphatic carboxylic acids is 1. The van der Waals surface area contributed by atoms with Crippen molar-refractivity contribution in [1.82, 2.24) is 0 Å². The van der Waals surface area contributed by atoms with Crippen molar-refractivity contribution in [2.24, 2.45) is 5.73 Å². The third kappa shape index (κ3) is 4.75. The Labute approximate surface area is 66.0 Å². The highest BCUT2D eigenvalue weighted by molar-refractivity contribution is 5.71. The lowest BCUT2D eigenvalue weighted by Crippen LogP contribution is -2.30. The standard InChI is InChI=1S/C7H15NO3/c1-2-3-5(8)4-6(9)7(10)11/h5-6,9H,2-4,8H2,1H3,(H,10,11)/t5-,6?/m0/s1. The van der Waals surface area contributed by atoms with Gasteiger partial charge in [0.25, 0.3) is 0 Å². The first-order valence-corrected chi connectivity index (χ1v) is 3.74. The zero-order valence-corrected chi connectivity index (χ0v) is 6.66. The molecule has 0 spiro atoms. The number of rotatable bonds is 5. The minimum Gasteiger partial charge on any atom is -0.479 e. The van der Waals surface area contributed by atoms with Crippen LogP contribution in [0.3, 0.4) is 0 Å². The molecule has 0 aromatic rings. The molecule has 0 saturated heterocycles. The molecule has 11 heavy (non-hydrogen) atoms. The van der Waals surface area contributed by atoms with E-state index in [0.717, 1.165) is 12.8 Å². The van der Waals surface area contributed by atoms with Crippen molar-refractivity contribution >= 4 is 5.97 Å². The monoisotopic (exact) mass is 161 g/mol. The van der Waals surface area contributed by atoms with Gasteiger partial charge in [0.05, 0.1) is 0 Å². The molecule has 0 rings (SSSR count). The Morgan fingerprint density at radius 2 is 2.18 bits per heavy atom. The molecule has 0 aliphatic heterocycles. The Hall–Kier alpha value is -0.610. The van der Waals surface area contributed by atoms with Crippen molar-refractivity contribution in [3.8, 4) is 0 Å². The van der Waals surface area contributed by atoms with Gasteiger partial charge in [0, 0.05) is 6.04 Å². The molecule has 66 valence electrons. The number of hydrogen-bond acceptors (Lipinski definition) is 3. The van der Waals surface area contributed by atoms with Gasteiger partial charge >= 0.3 is 5.97 Å². The molecule has 0 saturated carbocycles. The molecule has 4 nitrogen and oxygen atoms in total. The predicted octanol–water partition coefficient (Wildman–Crippen LogP) is -0.0506. The fourth-order valence-electron chi connectivity index (χ4n) is 0.876. The SMILES string of the molecule is CCC[C@H](N)CC(O)C(=O)O. The fraction of sp³-hybridized carbons (Fsp3) is 0.857. The smallest absolute Gasteiger partial charge is 0.332 e. The highest BCUT2D eigenvalue weighted by Gasteiger charge is 2.16. The van der Waals surface area contributed by atoms with Crippen LogP contribution in [0.25, 0.3) is 0 Å². The summed E-state index contributed by atoms with van der Waals surface area (Å²) in [7, 11) is 0. The zero-order chi connectivity index (χ0) is 8.85. The maximum atomic E-state index is 10.1. The average molecular weight is 161 g/mol. The molecule has 0 bridgehead atoms. The van der Waals surface area contributed by atoms with Crippen molar-refractivity contribution in [3.05, 3.63) is 0 Å². The van der Waals surface area contributed by atoms with Crippen molar-refractivity contribution in [2.75, 3.05) is 0 Å².